The molecule has 0 aliphatic carbocycles. The molecule has 11 heteroatoms. The minimum absolute atomic E-state index is 0.117. The van der Waals surface area contributed by atoms with Gasteiger partial charge >= 0.3 is 6.18 Å². The van der Waals surface area contributed by atoms with Crippen LogP contribution in [-0.2, 0) is 4.74 Å². The zero-order valence-corrected chi connectivity index (χ0v) is 18.8. The number of anilines is 1. The summed E-state index contributed by atoms with van der Waals surface area (Å²) in [6, 6.07) is 7.36. The summed E-state index contributed by atoms with van der Waals surface area (Å²) in [5, 5.41) is 14.0. The Bertz CT molecular complexity index is 1050. The molecular weight excluding hydrogens is 437 g/mol. The molecule has 1 aromatic heterocycles. The second-order valence-corrected chi connectivity index (χ2v) is 8.03. The van der Waals surface area contributed by atoms with Crippen molar-refractivity contribution < 1.29 is 22.6 Å². The molecular formula is C22H27F3N6O2. The van der Waals surface area contributed by atoms with Crippen molar-refractivity contribution in [2.75, 3.05) is 25.6 Å². The van der Waals surface area contributed by atoms with Gasteiger partial charge in [-0.3, -0.25) is 0 Å². The molecule has 8 nitrogen and oxygen atoms in total. The van der Waals surface area contributed by atoms with E-state index in [1.165, 1.54) is 0 Å². The van der Waals surface area contributed by atoms with Crippen molar-refractivity contribution in [1.82, 2.24) is 15.5 Å². The van der Waals surface area contributed by atoms with Crippen molar-refractivity contribution in [2.24, 2.45) is 16.6 Å². The van der Waals surface area contributed by atoms with Gasteiger partial charge in [-0.05, 0) is 37.1 Å². The van der Waals surface area contributed by atoms with E-state index in [0.717, 1.165) is 16.8 Å². The van der Waals surface area contributed by atoms with Gasteiger partial charge < -0.3 is 25.8 Å². The molecule has 4 N–H and O–H groups in total. The van der Waals surface area contributed by atoms with Gasteiger partial charge in [-0.15, -0.1) is 0 Å². The predicted molar refractivity (Wildman–Crippen MR) is 120 cm³/mol. The second kappa shape index (κ2) is 9.75. The van der Waals surface area contributed by atoms with Gasteiger partial charge in [0.1, 0.15) is 18.0 Å². The maximum absolute atomic E-state index is 12.5. The van der Waals surface area contributed by atoms with E-state index in [9.17, 15) is 13.2 Å². The van der Waals surface area contributed by atoms with E-state index < -0.39 is 18.4 Å². The summed E-state index contributed by atoms with van der Waals surface area (Å²) in [5.74, 6) is 0.764. The first kappa shape index (κ1) is 24.5. The number of guanidine groups is 1. The molecule has 1 atom stereocenters. The Morgan fingerprint density at radius 3 is 2.64 bits per heavy atom. The van der Waals surface area contributed by atoms with E-state index in [-0.39, 0.29) is 18.5 Å². The Hall–Kier alpha value is -3.18. The highest BCUT2D eigenvalue weighted by atomic mass is 19.4. The first-order valence-corrected chi connectivity index (χ1v) is 10.3. The number of methoxy groups -OCH3 is 1. The minimum Gasteiger partial charge on any atom is -0.496 e. The topological polar surface area (TPSA) is 107 Å². The summed E-state index contributed by atoms with van der Waals surface area (Å²) in [4.78, 5) is 4.52. The van der Waals surface area contributed by atoms with Crippen molar-refractivity contribution in [3.63, 3.8) is 0 Å². The number of aromatic nitrogens is 2. The van der Waals surface area contributed by atoms with Gasteiger partial charge in [-0.2, -0.15) is 23.4 Å². The Labute approximate surface area is 190 Å². The van der Waals surface area contributed by atoms with Gasteiger partial charge in [-0.1, -0.05) is 13.8 Å². The Morgan fingerprint density at radius 1 is 1.24 bits per heavy atom. The third-order valence-corrected chi connectivity index (χ3v) is 4.99. The number of aryl methyl sites for hydroxylation is 1. The third kappa shape index (κ3) is 6.42. The molecule has 2 heterocycles. The quantitative estimate of drug-likeness (QED) is 0.575. The highest BCUT2D eigenvalue weighted by Gasteiger charge is 2.32. The molecule has 0 spiro atoms. The lowest BCUT2D eigenvalue weighted by Crippen LogP contribution is -2.50. The SMILES string of the molecule is COc1cc(NC2=NC(N)(C(C)C)C=C(COCC(F)(F)F)N2)ccc1-c1cnnc(C)c1. The lowest BCUT2D eigenvalue weighted by Gasteiger charge is -2.33. The molecule has 1 aromatic carbocycles. The average molecular weight is 464 g/mol. The van der Waals surface area contributed by atoms with Crippen LogP contribution >= 0.6 is 0 Å². The Balaban J connectivity index is 1.81. The zero-order chi connectivity index (χ0) is 24.2. The third-order valence-electron chi connectivity index (χ3n) is 4.99. The van der Waals surface area contributed by atoms with Crippen molar-refractivity contribution in [3.05, 3.63) is 47.9 Å². The first-order valence-electron chi connectivity index (χ1n) is 10.3. The number of nitrogens with two attached hydrogens (primary N) is 1. The van der Waals surface area contributed by atoms with E-state index in [4.69, 9.17) is 15.2 Å². The smallest absolute Gasteiger partial charge is 0.411 e. The normalized spacial score (nSPS) is 18.5. The number of hydrogen-bond donors (Lipinski definition) is 3. The number of benzene rings is 1. The molecule has 33 heavy (non-hydrogen) atoms. The van der Waals surface area contributed by atoms with Crippen LogP contribution in [0.4, 0.5) is 18.9 Å². The van der Waals surface area contributed by atoms with Gasteiger partial charge in [0.05, 0.1) is 25.6 Å². The van der Waals surface area contributed by atoms with Crippen molar-refractivity contribution in [3.8, 4) is 16.9 Å². The van der Waals surface area contributed by atoms with Crippen molar-refractivity contribution >= 4 is 11.6 Å². The standard InChI is InChI=1S/C22H27F3N6O2/c1-13(2)21(26)9-17(11-33-12-22(23,24)25)29-20(30-21)28-16-5-6-18(19(8-16)32-4)15-7-14(3)31-27-10-15/h5-10,13H,11-12,26H2,1-4H3,(H2,28,29,30). The Morgan fingerprint density at radius 2 is 2.00 bits per heavy atom. The number of hydrogen-bond acceptors (Lipinski definition) is 8. The predicted octanol–water partition coefficient (Wildman–Crippen LogP) is 3.61. The number of halogens is 3. The van der Waals surface area contributed by atoms with Crippen LogP contribution < -0.4 is 21.1 Å². The zero-order valence-electron chi connectivity index (χ0n) is 18.8. The van der Waals surface area contributed by atoms with E-state index >= 15 is 0 Å². The Kier molecular flexibility index (Phi) is 7.23. The van der Waals surface area contributed by atoms with Crippen LogP contribution in [0.15, 0.2) is 47.2 Å². The van der Waals surface area contributed by atoms with Crippen LogP contribution in [0.25, 0.3) is 11.1 Å². The molecule has 0 fully saturated rings. The fraction of sp³-hybridized carbons (Fsp3) is 0.409. The van der Waals surface area contributed by atoms with Gasteiger partial charge in [0.25, 0.3) is 0 Å². The van der Waals surface area contributed by atoms with Gasteiger partial charge in [0.2, 0.25) is 5.96 Å². The lowest BCUT2D eigenvalue weighted by atomic mass is 9.95. The molecule has 1 unspecified atom stereocenters. The number of nitrogens with zero attached hydrogens (tertiary/aromatic N) is 3. The summed E-state index contributed by atoms with van der Waals surface area (Å²) in [7, 11) is 1.56. The number of nitrogens with one attached hydrogen (secondary N) is 2. The van der Waals surface area contributed by atoms with Crippen LogP contribution in [0, 0.1) is 12.8 Å². The van der Waals surface area contributed by atoms with Gasteiger partial charge in [0, 0.05) is 28.6 Å². The van der Waals surface area contributed by atoms with Crippen LogP contribution in [-0.4, -0.2) is 48.3 Å². The highest BCUT2D eigenvalue weighted by molar-refractivity contribution is 5.96. The van der Waals surface area contributed by atoms with E-state index in [2.05, 4.69) is 25.8 Å². The van der Waals surface area contributed by atoms with E-state index in [1.54, 1.807) is 25.4 Å². The maximum Gasteiger partial charge on any atom is 0.411 e. The number of alkyl halides is 3. The minimum atomic E-state index is -4.41. The molecule has 0 bridgehead atoms. The summed E-state index contributed by atoms with van der Waals surface area (Å²) >= 11 is 0. The number of aliphatic imine (C=N–C) groups is 1. The van der Waals surface area contributed by atoms with Crippen LogP contribution in [0.5, 0.6) is 5.75 Å². The fourth-order valence-corrected chi connectivity index (χ4v) is 3.20. The van der Waals surface area contributed by atoms with Crippen LogP contribution in [0.1, 0.15) is 19.5 Å². The molecule has 3 rings (SSSR count). The monoisotopic (exact) mass is 464 g/mol. The number of rotatable bonds is 7. The van der Waals surface area contributed by atoms with Gasteiger partial charge in [0.15, 0.2) is 0 Å². The molecule has 1 aliphatic heterocycles. The van der Waals surface area contributed by atoms with E-state index in [0.29, 0.717) is 17.1 Å². The van der Waals surface area contributed by atoms with Crippen LogP contribution in [0.2, 0.25) is 0 Å². The summed E-state index contributed by atoms with van der Waals surface area (Å²) in [6.45, 7) is 3.96. The molecule has 2 aromatic rings. The largest absolute Gasteiger partial charge is 0.496 e. The molecule has 178 valence electrons. The highest BCUT2D eigenvalue weighted by Crippen LogP contribution is 2.32. The maximum atomic E-state index is 12.5. The van der Waals surface area contributed by atoms with Crippen molar-refractivity contribution in [1.29, 1.82) is 0 Å². The molecule has 0 amide bonds. The number of ether oxygens (including phenoxy) is 2. The molecule has 0 saturated heterocycles. The first-order chi connectivity index (χ1) is 15.5. The summed E-state index contributed by atoms with van der Waals surface area (Å²) in [6.07, 6.45) is -1.18. The second-order valence-electron chi connectivity index (χ2n) is 8.03. The lowest BCUT2D eigenvalue weighted by molar-refractivity contribution is -0.171. The van der Waals surface area contributed by atoms with Gasteiger partial charge in [-0.25, -0.2) is 4.99 Å². The van der Waals surface area contributed by atoms with Crippen molar-refractivity contribution in [2.45, 2.75) is 32.6 Å². The van der Waals surface area contributed by atoms with E-state index in [1.807, 2.05) is 39.0 Å². The molecule has 1 aliphatic rings. The summed E-state index contributed by atoms with van der Waals surface area (Å²) < 4.78 is 47.7. The van der Waals surface area contributed by atoms with Crippen LogP contribution in [0.3, 0.4) is 0 Å². The molecule has 0 saturated carbocycles. The fourth-order valence-electron chi connectivity index (χ4n) is 3.20. The molecule has 0 radical (unpaired) electrons. The summed E-state index contributed by atoms with van der Waals surface area (Å²) in [5.41, 5.74) is 8.77. The average Bonchev–Trinajstić information content (AvgIpc) is 2.72.